The molecule has 2 aromatic rings. The lowest BCUT2D eigenvalue weighted by molar-refractivity contribution is -0.119. The van der Waals surface area contributed by atoms with Gasteiger partial charge in [0.15, 0.2) is 11.5 Å². The van der Waals surface area contributed by atoms with Gasteiger partial charge in [-0.05, 0) is 43.1 Å². The molecule has 0 fully saturated rings. The van der Waals surface area contributed by atoms with Crippen molar-refractivity contribution in [1.82, 2.24) is 4.90 Å². The molecule has 0 aromatic heterocycles. The summed E-state index contributed by atoms with van der Waals surface area (Å²) in [5.41, 5.74) is 4.50. The number of hydrogen-bond acceptors (Lipinski definition) is 5. The molecule has 5 nitrogen and oxygen atoms in total. The van der Waals surface area contributed by atoms with Gasteiger partial charge in [-0.1, -0.05) is 24.3 Å². The number of carbonyl (C=O) groups excluding carboxylic acids is 1. The molecule has 1 unspecified atom stereocenters. The predicted molar refractivity (Wildman–Crippen MR) is 103 cm³/mol. The molecular formula is C22H25NO4. The average Bonchev–Trinajstić information content (AvgIpc) is 3.12. The number of nitrogens with zero attached hydrogens (tertiary/aromatic N) is 1. The number of fused-ring (bicyclic) bond motifs is 2. The number of carbonyl (C=O) groups is 1. The van der Waals surface area contributed by atoms with Crippen LogP contribution in [0.3, 0.4) is 0 Å². The van der Waals surface area contributed by atoms with E-state index in [4.69, 9.17) is 14.2 Å². The van der Waals surface area contributed by atoms with Gasteiger partial charge >= 0.3 is 0 Å². The molecule has 0 amide bonds. The third-order valence-electron chi connectivity index (χ3n) is 5.62. The van der Waals surface area contributed by atoms with Crippen molar-refractivity contribution in [3.05, 3.63) is 52.6 Å². The van der Waals surface area contributed by atoms with Crippen molar-refractivity contribution >= 4 is 5.78 Å². The number of likely N-dealkylation sites (N-methyl/N-ethyl adjacent to an activating group) is 1. The summed E-state index contributed by atoms with van der Waals surface area (Å²) >= 11 is 0. The van der Waals surface area contributed by atoms with Crippen molar-refractivity contribution in [3.63, 3.8) is 0 Å². The number of benzene rings is 2. The first-order chi connectivity index (χ1) is 13.1. The Kier molecular flexibility index (Phi) is 4.79. The summed E-state index contributed by atoms with van der Waals surface area (Å²) in [7, 11) is 3.72. The molecule has 0 saturated carbocycles. The molecule has 4 rings (SSSR count). The first kappa shape index (κ1) is 17.9. The Morgan fingerprint density at radius 3 is 2.89 bits per heavy atom. The van der Waals surface area contributed by atoms with E-state index in [1.807, 2.05) is 37.3 Å². The van der Waals surface area contributed by atoms with E-state index >= 15 is 0 Å². The van der Waals surface area contributed by atoms with E-state index in [9.17, 15) is 4.79 Å². The molecule has 0 aliphatic carbocycles. The highest BCUT2D eigenvalue weighted by Gasteiger charge is 2.34. The highest BCUT2D eigenvalue weighted by atomic mass is 16.7. The molecule has 142 valence electrons. The van der Waals surface area contributed by atoms with Crippen molar-refractivity contribution in [1.29, 1.82) is 0 Å². The van der Waals surface area contributed by atoms with Gasteiger partial charge in [0, 0.05) is 31.0 Å². The van der Waals surface area contributed by atoms with E-state index in [-0.39, 0.29) is 18.6 Å². The molecule has 0 saturated heterocycles. The van der Waals surface area contributed by atoms with Gasteiger partial charge in [-0.3, -0.25) is 9.69 Å². The number of aryl methyl sites for hydroxylation is 1. The molecule has 2 aliphatic rings. The summed E-state index contributed by atoms with van der Waals surface area (Å²) in [4.78, 5) is 15.1. The van der Waals surface area contributed by atoms with Crippen molar-refractivity contribution in [2.24, 2.45) is 0 Å². The van der Waals surface area contributed by atoms with Crippen LogP contribution in [-0.2, 0) is 17.6 Å². The van der Waals surface area contributed by atoms with Gasteiger partial charge in [-0.2, -0.15) is 0 Å². The zero-order valence-corrected chi connectivity index (χ0v) is 16.1. The minimum Gasteiger partial charge on any atom is -0.492 e. The van der Waals surface area contributed by atoms with Gasteiger partial charge in [-0.15, -0.1) is 0 Å². The van der Waals surface area contributed by atoms with Gasteiger partial charge in [0.05, 0.1) is 7.11 Å². The van der Waals surface area contributed by atoms with Crippen molar-refractivity contribution in [3.8, 4) is 17.2 Å². The van der Waals surface area contributed by atoms with Crippen LogP contribution in [0, 0.1) is 6.92 Å². The normalized spacial score (nSPS) is 18.3. The Balaban J connectivity index is 1.64. The summed E-state index contributed by atoms with van der Waals surface area (Å²) in [6.07, 6.45) is 1.81. The lowest BCUT2D eigenvalue weighted by Crippen LogP contribution is -2.34. The van der Waals surface area contributed by atoms with E-state index in [0.29, 0.717) is 24.3 Å². The quantitative estimate of drug-likeness (QED) is 0.810. The summed E-state index contributed by atoms with van der Waals surface area (Å²) in [5.74, 6) is 2.33. The van der Waals surface area contributed by atoms with Gasteiger partial charge in [0.1, 0.15) is 5.78 Å². The average molecular weight is 367 g/mol. The highest BCUT2D eigenvalue weighted by molar-refractivity contribution is 5.82. The first-order valence-corrected chi connectivity index (χ1v) is 9.34. The third-order valence-corrected chi connectivity index (χ3v) is 5.62. The molecule has 0 radical (unpaired) electrons. The number of rotatable bonds is 5. The van der Waals surface area contributed by atoms with E-state index in [2.05, 4.69) is 11.9 Å². The SMILES string of the molecule is COc1c2c(cc3c1C(CC(=O)Cc1ccccc1C)N(C)CC3)OCO2. The predicted octanol–water partition coefficient (Wildman–Crippen LogP) is 3.46. The van der Waals surface area contributed by atoms with Crippen LogP contribution in [0.25, 0.3) is 0 Å². The lowest BCUT2D eigenvalue weighted by Gasteiger charge is -2.35. The number of hydrogen-bond donors (Lipinski definition) is 0. The Bertz CT molecular complexity index is 877. The molecule has 5 heteroatoms. The van der Waals surface area contributed by atoms with Crippen LogP contribution >= 0.6 is 0 Å². The Labute approximate surface area is 159 Å². The zero-order valence-electron chi connectivity index (χ0n) is 16.1. The summed E-state index contributed by atoms with van der Waals surface area (Å²) < 4.78 is 16.9. The number of ketones is 1. The van der Waals surface area contributed by atoms with Gasteiger partial charge < -0.3 is 14.2 Å². The monoisotopic (exact) mass is 367 g/mol. The molecule has 0 spiro atoms. The Morgan fingerprint density at radius 2 is 2.11 bits per heavy atom. The highest BCUT2D eigenvalue weighted by Crippen LogP contribution is 2.50. The van der Waals surface area contributed by atoms with Crippen LogP contribution in [-0.4, -0.2) is 38.2 Å². The van der Waals surface area contributed by atoms with Crippen LogP contribution in [0.4, 0.5) is 0 Å². The number of ether oxygens (including phenoxy) is 3. The second-order valence-electron chi connectivity index (χ2n) is 7.31. The molecule has 2 aromatic carbocycles. The molecule has 27 heavy (non-hydrogen) atoms. The molecule has 0 bridgehead atoms. The fraction of sp³-hybridized carbons (Fsp3) is 0.409. The van der Waals surface area contributed by atoms with E-state index < -0.39 is 0 Å². The molecule has 0 N–H and O–H groups in total. The van der Waals surface area contributed by atoms with Gasteiger partial charge in [-0.25, -0.2) is 0 Å². The third kappa shape index (κ3) is 3.28. The topological polar surface area (TPSA) is 48.0 Å². The second kappa shape index (κ2) is 7.24. The van der Waals surface area contributed by atoms with Crippen LogP contribution in [0.15, 0.2) is 30.3 Å². The molecule has 1 atom stereocenters. The largest absolute Gasteiger partial charge is 0.492 e. The second-order valence-corrected chi connectivity index (χ2v) is 7.31. The maximum absolute atomic E-state index is 12.9. The smallest absolute Gasteiger partial charge is 0.231 e. The maximum Gasteiger partial charge on any atom is 0.231 e. The fourth-order valence-corrected chi connectivity index (χ4v) is 4.09. The lowest BCUT2D eigenvalue weighted by atomic mass is 9.87. The summed E-state index contributed by atoms with van der Waals surface area (Å²) in [5, 5.41) is 0. The van der Waals surface area contributed by atoms with E-state index in [1.54, 1.807) is 7.11 Å². The number of methoxy groups -OCH3 is 1. The van der Waals surface area contributed by atoms with Crippen LogP contribution in [0.5, 0.6) is 17.2 Å². The van der Waals surface area contributed by atoms with Crippen LogP contribution < -0.4 is 14.2 Å². The van der Waals surface area contributed by atoms with Gasteiger partial charge in [0.2, 0.25) is 12.5 Å². The van der Waals surface area contributed by atoms with Crippen molar-refractivity contribution < 1.29 is 19.0 Å². The van der Waals surface area contributed by atoms with Crippen LogP contribution in [0.1, 0.15) is 34.7 Å². The van der Waals surface area contributed by atoms with Gasteiger partial charge in [0.25, 0.3) is 0 Å². The Hall–Kier alpha value is -2.53. The zero-order chi connectivity index (χ0) is 19.0. The Morgan fingerprint density at radius 1 is 1.30 bits per heavy atom. The van der Waals surface area contributed by atoms with E-state index in [1.165, 1.54) is 5.56 Å². The first-order valence-electron chi connectivity index (χ1n) is 9.34. The minimum atomic E-state index is -0.0188. The maximum atomic E-state index is 12.9. The van der Waals surface area contributed by atoms with Crippen LogP contribution in [0.2, 0.25) is 0 Å². The summed E-state index contributed by atoms with van der Waals surface area (Å²) in [6.45, 7) is 3.16. The molecular weight excluding hydrogens is 342 g/mol. The molecule has 2 aliphatic heterocycles. The van der Waals surface area contributed by atoms with Crippen molar-refractivity contribution in [2.75, 3.05) is 27.5 Å². The van der Waals surface area contributed by atoms with E-state index in [0.717, 1.165) is 35.4 Å². The van der Waals surface area contributed by atoms with Crippen molar-refractivity contribution in [2.45, 2.75) is 32.2 Å². The standard InChI is InChI=1S/C22H25NO4/c1-14-6-4-5-7-15(14)10-17(24)12-18-20-16(8-9-23(18)2)11-19-21(22(20)25-3)27-13-26-19/h4-7,11,18H,8-10,12-13H2,1-3H3. The fourth-order valence-electron chi connectivity index (χ4n) is 4.09. The molecule has 2 heterocycles. The minimum absolute atomic E-state index is 0.0188. The summed E-state index contributed by atoms with van der Waals surface area (Å²) in [6, 6.07) is 10.1. The number of Topliss-reactive ketones (excluding diaryl/α,β-unsaturated/α-hetero) is 1.